The number of halogens is 2. The third-order valence-corrected chi connectivity index (χ3v) is 1.97. The Morgan fingerprint density at radius 3 is 2.62 bits per heavy atom. The normalized spacial score (nSPS) is 9.44. The molecule has 0 spiro atoms. The van der Waals surface area contributed by atoms with Crippen molar-refractivity contribution in [3.05, 3.63) is 34.9 Å². The quantitative estimate of drug-likeness (QED) is 0.617. The van der Waals surface area contributed by atoms with Crippen molar-refractivity contribution in [2.75, 3.05) is 5.75 Å². The molecule has 0 fully saturated rings. The maximum atomic E-state index is 13.2. The first kappa shape index (κ1) is 12.5. The molecule has 1 rings (SSSR count). The van der Waals surface area contributed by atoms with Crippen LogP contribution in [0.2, 0.25) is 0 Å². The van der Waals surface area contributed by atoms with Gasteiger partial charge >= 0.3 is 5.97 Å². The fourth-order valence-electron chi connectivity index (χ4n) is 1.02. The van der Waals surface area contributed by atoms with Crippen LogP contribution in [0.3, 0.4) is 0 Å². The van der Waals surface area contributed by atoms with Gasteiger partial charge in [-0.15, -0.1) is 0 Å². The summed E-state index contributed by atoms with van der Waals surface area (Å²) in [6.07, 6.45) is 0.447. The first-order valence-electron chi connectivity index (χ1n) is 4.38. The molecule has 0 aliphatic carbocycles. The third kappa shape index (κ3) is 2.97. The smallest absolute Gasteiger partial charge is 0.338 e. The standard InChI is InChI=1S/C11H8F2O2S/c12-9-6-10(13)8(11(14)15)5-7(9)3-1-2-4-16/h5-6,16H,2,4H2,(H,14,15). The number of thiol groups is 1. The average molecular weight is 242 g/mol. The summed E-state index contributed by atoms with van der Waals surface area (Å²) in [6, 6.07) is 1.41. The van der Waals surface area contributed by atoms with E-state index in [1.165, 1.54) is 0 Å². The Balaban J connectivity index is 3.16. The minimum Gasteiger partial charge on any atom is -0.478 e. The van der Waals surface area contributed by atoms with Crippen molar-refractivity contribution in [1.29, 1.82) is 0 Å². The number of rotatable bonds is 2. The van der Waals surface area contributed by atoms with Crippen molar-refractivity contribution in [3.63, 3.8) is 0 Å². The summed E-state index contributed by atoms with van der Waals surface area (Å²) in [5, 5.41) is 8.63. The Hall–Kier alpha value is -1.54. The summed E-state index contributed by atoms with van der Waals surface area (Å²) in [5.74, 6) is 2.12. The molecule has 0 bridgehead atoms. The zero-order valence-electron chi connectivity index (χ0n) is 8.13. The molecule has 0 unspecified atom stereocenters. The molecular weight excluding hydrogens is 234 g/mol. The van der Waals surface area contributed by atoms with Crippen LogP contribution in [0.1, 0.15) is 22.3 Å². The van der Waals surface area contributed by atoms with Gasteiger partial charge in [0.25, 0.3) is 0 Å². The van der Waals surface area contributed by atoms with E-state index >= 15 is 0 Å². The molecule has 1 aromatic carbocycles. The first-order valence-corrected chi connectivity index (χ1v) is 5.01. The SMILES string of the molecule is O=C(O)c1cc(C#CCCS)c(F)cc1F. The highest BCUT2D eigenvalue weighted by atomic mass is 32.1. The van der Waals surface area contributed by atoms with Gasteiger partial charge in [-0.05, 0) is 6.07 Å². The van der Waals surface area contributed by atoms with Gasteiger partial charge in [-0.1, -0.05) is 11.8 Å². The Morgan fingerprint density at radius 1 is 1.38 bits per heavy atom. The van der Waals surface area contributed by atoms with Crippen molar-refractivity contribution in [2.45, 2.75) is 6.42 Å². The van der Waals surface area contributed by atoms with Gasteiger partial charge in [0, 0.05) is 18.2 Å². The lowest BCUT2D eigenvalue weighted by atomic mass is 10.1. The van der Waals surface area contributed by atoms with E-state index in [9.17, 15) is 13.6 Å². The van der Waals surface area contributed by atoms with Crippen LogP contribution in [-0.2, 0) is 0 Å². The second-order valence-corrected chi connectivity index (χ2v) is 3.34. The van der Waals surface area contributed by atoms with Gasteiger partial charge in [0.2, 0.25) is 0 Å². The van der Waals surface area contributed by atoms with Crippen molar-refractivity contribution in [3.8, 4) is 11.8 Å². The van der Waals surface area contributed by atoms with E-state index in [1.54, 1.807) is 0 Å². The average Bonchev–Trinajstić information content (AvgIpc) is 2.21. The molecule has 1 aromatic rings. The highest BCUT2D eigenvalue weighted by molar-refractivity contribution is 7.80. The number of hydrogen-bond donors (Lipinski definition) is 2. The Kier molecular flexibility index (Phi) is 4.32. The summed E-state index contributed by atoms with van der Waals surface area (Å²) < 4.78 is 26.2. The lowest BCUT2D eigenvalue weighted by Gasteiger charge is -1.99. The molecule has 0 aliphatic heterocycles. The number of benzene rings is 1. The van der Waals surface area contributed by atoms with Crippen LogP contribution in [0.4, 0.5) is 8.78 Å². The van der Waals surface area contributed by atoms with E-state index in [0.29, 0.717) is 18.2 Å². The zero-order chi connectivity index (χ0) is 12.1. The molecule has 0 amide bonds. The summed E-state index contributed by atoms with van der Waals surface area (Å²) >= 11 is 3.91. The van der Waals surface area contributed by atoms with E-state index in [1.807, 2.05) is 0 Å². The molecule has 16 heavy (non-hydrogen) atoms. The van der Waals surface area contributed by atoms with Crippen LogP contribution in [0.5, 0.6) is 0 Å². The lowest BCUT2D eigenvalue weighted by molar-refractivity contribution is 0.0691. The molecule has 2 nitrogen and oxygen atoms in total. The molecule has 0 saturated carbocycles. The minimum absolute atomic E-state index is 0.124. The van der Waals surface area contributed by atoms with E-state index < -0.39 is 23.2 Å². The van der Waals surface area contributed by atoms with Crippen LogP contribution in [0, 0.1) is 23.5 Å². The van der Waals surface area contributed by atoms with Crippen LogP contribution >= 0.6 is 12.6 Å². The molecule has 1 N–H and O–H groups in total. The minimum atomic E-state index is -1.45. The lowest BCUT2D eigenvalue weighted by Crippen LogP contribution is -2.02. The predicted octanol–water partition coefficient (Wildman–Crippen LogP) is 2.33. The van der Waals surface area contributed by atoms with E-state index in [-0.39, 0.29) is 5.56 Å². The van der Waals surface area contributed by atoms with Gasteiger partial charge in [-0.2, -0.15) is 12.6 Å². The maximum absolute atomic E-state index is 13.2. The highest BCUT2D eigenvalue weighted by Gasteiger charge is 2.13. The zero-order valence-corrected chi connectivity index (χ0v) is 9.02. The molecule has 0 aliphatic rings. The molecule has 0 heterocycles. The molecule has 5 heteroatoms. The van der Waals surface area contributed by atoms with Crippen LogP contribution in [0.15, 0.2) is 12.1 Å². The van der Waals surface area contributed by atoms with Gasteiger partial charge in [0.05, 0.1) is 11.1 Å². The number of carboxylic acid groups (broad SMARTS) is 1. The molecule has 84 valence electrons. The number of aromatic carboxylic acids is 1. The number of hydrogen-bond acceptors (Lipinski definition) is 2. The fourth-order valence-corrected chi connectivity index (χ4v) is 1.13. The first-order chi connectivity index (χ1) is 7.56. The van der Waals surface area contributed by atoms with Crippen LogP contribution in [0.25, 0.3) is 0 Å². The van der Waals surface area contributed by atoms with E-state index in [2.05, 4.69) is 24.5 Å². The largest absolute Gasteiger partial charge is 0.478 e. The summed E-state index contributed by atoms with van der Waals surface area (Å²) in [4.78, 5) is 10.6. The van der Waals surface area contributed by atoms with E-state index in [4.69, 9.17) is 5.11 Å². The maximum Gasteiger partial charge on any atom is 0.338 e. The fraction of sp³-hybridized carbons (Fsp3) is 0.182. The van der Waals surface area contributed by atoms with Gasteiger partial charge in [0.15, 0.2) is 0 Å². The van der Waals surface area contributed by atoms with Crippen molar-refractivity contribution < 1.29 is 18.7 Å². The Bertz CT molecular complexity index is 475. The summed E-state index contributed by atoms with van der Waals surface area (Å²) in [6.45, 7) is 0. The van der Waals surface area contributed by atoms with Crippen molar-refractivity contribution in [1.82, 2.24) is 0 Å². The molecule has 0 aromatic heterocycles. The molecule has 0 atom stereocenters. The second-order valence-electron chi connectivity index (χ2n) is 2.89. The molecule has 0 radical (unpaired) electrons. The predicted molar refractivity (Wildman–Crippen MR) is 58.7 cm³/mol. The molecule has 0 saturated heterocycles. The Labute approximate surface area is 96.7 Å². The Morgan fingerprint density at radius 2 is 2.06 bits per heavy atom. The monoisotopic (exact) mass is 242 g/mol. The summed E-state index contributed by atoms with van der Waals surface area (Å²) in [7, 11) is 0. The van der Waals surface area contributed by atoms with Crippen molar-refractivity contribution in [2.24, 2.45) is 0 Å². The third-order valence-electron chi connectivity index (χ3n) is 1.75. The van der Waals surface area contributed by atoms with Crippen molar-refractivity contribution >= 4 is 18.6 Å². The summed E-state index contributed by atoms with van der Waals surface area (Å²) in [5.41, 5.74) is -0.711. The van der Waals surface area contributed by atoms with Gasteiger partial charge < -0.3 is 5.11 Å². The van der Waals surface area contributed by atoms with Crippen LogP contribution < -0.4 is 0 Å². The molecular formula is C11H8F2O2S. The van der Waals surface area contributed by atoms with Gasteiger partial charge in [-0.3, -0.25) is 0 Å². The van der Waals surface area contributed by atoms with Crippen LogP contribution in [-0.4, -0.2) is 16.8 Å². The van der Waals surface area contributed by atoms with E-state index in [0.717, 1.165) is 6.07 Å². The van der Waals surface area contributed by atoms with Gasteiger partial charge in [0.1, 0.15) is 11.6 Å². The topological polar surface area (TPSA) is 37.3 Å². The number of carbonyl (C=O) groups is 1. The second kappa shape index (κ2) is 5.52. The number of carboxylic acids is 1. The van der Waals surface area contributed by atoms with Gasteiger partial charge in [-0.25, -0.2) is 13.6 Å². The highest BCUT2D eigenvalue weighted by Crippen LogP contribution is 2.14.